The lowest BCUT2D eigenvalue weighted by molar-refractivity contribution is 1.03. The van der Waals surface area contributed by atoms with Gasteiger partial charge in [-0.3, -0.25) is 10.4 Å². The highest BCUT2D eigenvalue weighted by atomic mass is 35.5. The zero-order valence-electron chi connectivity index (χ0n) is 11.9. The number of amidine groups is 1. The third kappa shape index (κ3) is 2.76. The molecule has 1 N–H and O–H groups in total. The molecular weight excluding hydrogens is 328 g/mol. The number of hydrogen-bond acceptors (Lipinski definition) is 5. The molecule has 1 aliphatic rings. The second-order valence-electron chi connectivity index (χ2n) is 4.91. The van der Waals surface area contributed by atoms with Gasteiger partial charge in [0.25, 0.3) is 0 Å². The second kappa shape index (κ2) is 5.95. The molecule has 3 aromatic rings. The average Bonchev–Trinajstić information content (AvgIpc) is 3.05. The molecule has 0 bridgehead atoms. The zero-order chi connectivity index (χ0) is 15.6. The summed E-state index contributed by atoms with van der Waals surface area (Å²) >= 11 is 7.79. The summed E-state index contributed by atoms with van der Waals surface area (Å²) in [5, 5.41) is 7.22. The molecule has 0 amide bonds. The Kier molecular flexibility index (Phi) is 3.65. The van der Waals surface area contributed by atoms with Crippen LogP contribution in [0.25, 0.3) is 0 Å². The first-order chi connectivity index (χ1) is 11.3. The first-order valence-electron chi connectivity index (χ1n) is 6.98. The van der Waals surface area contributed by atoms with Crippen molar-refractivity contribution in [3.8, 4) is 0 Å². The minimum Gasteiger partial charge on any atom is -0.264 e. The number of pyridine rings is 1. The summed E-state index contributed by atoms with van der Waals surface area (Å²) in [6.45, 7) is 0. The van der Waals surface area contributed by atoms with Gasteiger partial charge in [-0.15, -0.1) is 11.3 Å². The molecular formula is C17H11ClN4S. The molecule has 2 aromatic heterocycles. The fourth-order valence-corrected chi connectivity index (χ4v) is 3.19. The SMILES string of the molecule is Clc1ccc2c(c1)C(c1cccnc1)=NNC(c1cccs1)=N2. The Morgan fingerprint density at radius 2 is 2.04 bits per heavy atom. The van der Waals surface area contributed by atoms with Crippen molar-refractivity contribution in [1.29, 1.82) is 0 Å². The van der Waals surface area contributed by atoms with Crippen LogP contribution >= 0.6 is 22.9 Å². The van der Waals surface area contributed by atoms with Crippen LogP contribution in [-0.2, 0) is 0 Å². The van der Waals surface area contributed by atoms with Crippen molar-refractivity contribution in [3.63, 3.8) is 0 Å². The van der Waals surface area contributed by atoms with Crippen molar-refractivity contribution in [2.45, 2.75) is 0 Å². The molecule has 6 heteroatoms. The quantitative estimate of drug-likeness (QED) is 0.760. The van der Waals surface area contributed by atoms with Crippen molar-refractivity contribution in [3.05, 3.63) is 81.3 Å². The Bertz CT molecular complexity index is 902. The van der Waals surface area contributed by atoms with Gasteiger partial charge in [0.1, 0.15) is 5.71 Å². The van der Waals surface area contributed by atoms with Crippen LogP contribution in [0.15, 0.2) is 70.3 Å². The molecule has 1 aliphatic heterocycles. The van der Waals surface area contributed by atoms with Gasteiger partial charge in [-0.25, -0.2) is 4.99 Å². The molecule has 1 aromatic carbocycles. The van der Waals surface area contributed by atoms with Crippen LogP contribution in [0.3, 0.4) is 0 Å². The number of aliphatic imine (C=N–C) groups is 1. The highest BCUT2D eigenvalue weighted by Gasteiger charge is 2.18. The normalized spacial score (nSPS) is 13.4. The number of nitrogens with zero attached hydrogens (tertiary/aromatic N) is 3. The Morgan fingerprint density at radius 1 is 1.09 bits per heavy atom. The van der Waals surface area contributed by atoms with Gasteiger partial charge in [0.2, 0.25) is 0 Å². The van der Waals surface area contributed by atoms with Crippen LogP contribution in [0.2, 0.25) is 5.02 Å². The lowest BCUT2D eigenvalue weighted by Gasteiger charge is -2.07. The number of rotatable bonds is 2. The lowest BCUT2D eigenvalue weighted by atomic mass is 10.0. The molecule has 0 fully saturated rings. The van der Waals surface area contributed by atoms with Gasteiger partial charge in [0, 0.05) is 28.5 Å². The van der Waals surface area contributed by atoms with E-state index in [2.05, 4.69) is 15.5 Å². The fraction of sp³-hybridized carbons (Fsp3) is 0. The Hall–Kier alpha value is -2.50. The summed E-state index contributed by atoms with van der Waals surface area (Å²) in [5.41, 5.74) is 6.46. The largest absolute Gasteiger partial charge is 0.264 e. The average molecular weight is 339 g/mol. The third-order valence-electron chi connectivity index (χ3n) is 3.41. The van der Waals surface area contributed by atoms with E-state index >= 15 is 0 Å². The van der Waals surface area contributed by atoms with Gasteiger partial charge >= 0.3 is 0 Å². The zero-order valence-corrected chi connectivity index (χ0v) is 13.5. The predicted octanol–water partition coefficient (Wildman–Crippen LogP) is 4.23. The van der Waals surface area contributed by atoms with Crippen LogP contribution < -0.4 is 5.43 Å². The first kappa shape index (κ1) is 14.1. The van der Waals surface area contributed by atoms with E-state index in [0.29, 0.717) is 5.02 Å². The van der Waals surface area contributed by atoms with Crippen molar-refractivity contribution < 1.29 is 0 Å². The maximum absolute atomic E-state index is 6.18. The molecule has 112 valence electrons. The highest BCUT2D eigenvalue weighted by Crippen LogP contribution is 2.28. The predicted molar refractivity (Wildman–Crippen MR) is 95.0 cm³/mol. The van der Waals surface area contributed by atoms with Crippen molar-refractivity contribution in [2.24, 2.45) is 10.1 Å². The molecule has 0 spiro atoms. The summed E-state index contributed by atoms with van der Waals surface area (Å²) < 4.78 is 0. The summed E-state index contributed by atoms with van der Waals surface area (Å²) in [7, 11) is 0. The Morgan fingerprint density at radius 3 is 2.83 bits per heavy atom. The van der Waals surface area contributed by atoms with E-state index in [-0.39, 0.29) is 0 Å². The number of benzene rings is 1. The van der Waals surface area contributed by atoms with E-state index in [9.17, 15) is 0 Å². The van der Waals surface area contributed by atoms with E-state index in [1.165, 1.54) is 0 Å². The van der Waals surface area contributed by atoms with Crippen molar-refractivity contribution in [1.82, 2.24) is 10.4 Å². The van der Waals surface area contributed by atoms with Gasteiger partial charge in [-0.1, -0.05) is 17.7 Å². The number of hydrogen-bond donors (Lipinski definition) is 1. The number of nitrogens with one attached hydrogen (secondary N) is 1. The second-order valence-corrected chi connectivity index (χ2v) is 6.30. The van der Waals surface area contributed by atoms with Crippen LogP contribution in [0.4, 0.5) is 5.69 Å². The Labute approximate surface area is 142 Å². The molecule has 0 aliphatic carbocycles. The monoisotopic (exact) mass is 338 g/mol. The number of hydrazone groups is 1. The van der Waals surface area contributed by atoms with Gasteiger partial charge in [0.05, 0.1) is 10.6 Å². The van der Waals surface area contributed by atoms with Crippen LogP contribution in [0.1, 0.15) is 16.0 Å². The van der Waals surface area contributed by atoms with E-state index in [4.69, 9.17) is 16.6 Å². The van der Waals surface area contributed by atoms with Crippen molar-refractivity contribution in [2.75, 3.05) is 0 Å². The maximum atomic E-state index is 6.18. The minimum atomic E-state index is 0.648. The van der Waals surface area contributed by atoms with Crippen LogP contribution in [-0.4, -0.2) is 16.5 Å². The summed E-state index contributed by atoms with van der Waals surface area (Å²) in [5.74, 6) is 0.725. The summed E-state index contributed by atoms with van der Waals surface area (Å²) in [6.07, 6.45) is 3.52. The molecule has 0 atom stereocenters. The van der Waals surface area contributed by atoms with Gasteiger partial charge in [-0.2, -0.15) is 5.10 Å². The summed E-state index contributed by atoms with van der Waals surface area (Å²) in [4.78, 5) is 9.93. The smallest absolute Gasteiger partial charge is 0.164 e. The van der Waals surface area contributed by atoms with Gasteiger partial charge in [-0.05, 0) is 41.8 Å². The highest BCUT2D eigenvalue weighted by molar-refractivity contribution is 7.12. The van der Waals surface area contributed by atoms with Gasteiger partial charge in [0.15, 0.2) is 5.84 Å². The van der Waals surface area contributed by atoms with E-state index in [0.717, 1.165) is 33.2 Å². The molecule has 0 radical (unpaired) electrons. The van der Waals surface area contributed by atoms with E-state index < -0.39 is 0 Å². The van der Waals surface area contributed by atoms with Crippen LogP contribution in [0.5, 0.6) is 0 Å². The first-order valence-corrected chi connectivity index (χ1v) is 8.23. The molecule has 23 heavy (non-hydrogen) atoms. The van der Waals surface area contributed by atoms with E-state index in [1.54, 1.807) is 23.7 Å². The minimum absolute atomic E-state index is 0.648. The fourth-order valence-electron chi connectivity index (χ4n) is 2.36. The Balaban J connectivity index is 1.90. The van der Waals surface area contributed by atoms with Crippen molar-refractivity contribution >= 4 is 40.2 Å². The third-order valence-corrected chi connectivity index (χ3v) is 4.52. The van der Waals surface area contributed by atoms with Gasteiger partial charge < -0.3 is 0 Å². The number of fused-ring (bicyclic) bond motifs is 1. The maximum Gasteiger partial charge on any atom is 0.164 e. The molecule has 0 saturated heterocycles. The molecule has 4 rings (SSSR count). The molecule has 4 nitrogen and oxygen atoms in total. The lowest BCUT2D eigenvalue weighted by Crippen LogP contribution is -2.18. The van der Waals surface area contributed by atoms with E-state index in [1.807, 2.05) is 47.8 Å². The van der Waals surface area contributed by atoms with Crippen LogP contribution in [0, 0.1) is 0 Å². The number of thiophene rings is 1. The standard InChI is InChI=1S/C17H11ClN4S/c18-12-5-6-14-13(9-12)16(11-3-1-7-19-10-11)21-22-17(20-14)15-4-2-8-23-15/h1-10H,(H,20,22). The number of aromatic nitrogens is 1. The number of halogens is 1. The molecule has 3 heterocycles. The topological polar surface area (TPSA) is 49.6 Å². The summed E-state index contributed by atoms with van der Waals surface area (Å²) in [6, 6.07) is 13.5. The molecule has 0 unspecified atom stereocenters. The molecule has 0 saturated carbocycles.